The molecule has 1 aliphatic heterocycles. The van der Waals surface area contributed by atoms with Crippen molar-refractivity contribution in [1.29, 1.82) is 0 Å². The molecule has 1 aromatic heterocycles. The Kier molecular flexibility index (Phi) is 5.68. The molecule has 1 aromatic rings. The molecule has 1 atom stereocenters. The molecule has 3 rings (SSSR count). The zero-order chi connectivity index (χ0) is 18.8. The molecule has 2 heterocycles. The molecule has 2 amide bonds. The quantitative estimate of drug-likeness (QED) is 0.832. The lowest BCUT2D eigenvalue weighted by atomic mass is 9.88. The van der Waals surface area contributed by atoms with E-state index in [-0.39, 0.29) is 17.7 Å². The van der Waals surface area contributed by atoms with Crippen molar-refractivity contribution in [2.24, 2.45) is 13.0 Å². The van der Waals surface area contributed by atoms with Gasteiger partial charge in [-0.25, -0.2) is 0 Å². The predicted octanol–water partition coefficient (Wildman–Crippen LogP) is 2.39. The fraction of sp³-hybridized carbons (Fsp3) is 0.750. The minimum atomic E-state index is -0.190. The molecule has 0 aromatic carbocycles. The van der Waals surface area contributed by atoms with Crippen molar-refractivity contribution < 1.29 is 9.59 Å². The van der Waals surface area contributed by atoms with Crippen LogP contribution < -0.4 is 0 Å². The molecule has 2 fully saturated rings. The van der Waals surface area contributed by atoms with Crippen LogP contribution in [0.1, 0.15) is 61.9 Å². The van der Waals surface area contributed by atoms with Crippen LogP contribution in [-0.4, -0.2) is 57.6 Å². The molecule has 1 aliphatic carbocycles. The second-order valence-corrected chi connectivity index (χ2v) is 7.92. The summed E-state index contributed by atoms with van der Waals surface area (Å²) >= 11 is 0. The first kappa shape index (κ1) is 18.9. The van der Waals surface area contributed by atoms with E-state index in [1.165, 1.54) is 19.3 Å². The van der Waals surface area contributed by atoms with Crippen molar-refractivity contribution in [1.82, 2.24) is 19.6 Å². The van der Waals surface area contributed by atoms with Crippen molar-refractivity contribution in [2.45, 2.75) is 58.8 Å². The zero-order valence-corrected chi connectivity index (χ0v) is 16.6. The van der Waals surface area contributed by atoms with Crippen LogP contribution in [-0.2, 0) is 16.6 Å². The van der Waals surface area contributed by atoms with Crippen molar-refractivity contribution in [3.05, 3.63) is 17.0 Å². The fourth-order valence-corrected chi connectivity index (χ4v) is 4.57. The highest BCUT2D eigenvalue weighted by Crippen LogP contribution is 2.27. The van der Waals surface area contributed by atoms with E-state index < -0.39 is 0 Å². The standard InChI is InChI=1S/C20H32N4O2/c1-14(18-15(2)21-22(4)16(18)3)19(25)23-10-12-24(13-11-23)20(26)17-8-6-5-7-9-17/h14,17H,5-13H2,1-4H3. The van der Waals surface area contributed by atoms with Crippen LogP contribution >= 0.6 is 0 Å². The molecular formula is C20H32N4O2. The second-order valence-electron chi connectivity index (χ2n) is 7.92. The summed E-state index contributed by atoms with van der Waals surface area (Å²) in [5.74, 6) is 0.479. The molecule has 6 heteroatoms. The van der Waals surface area contributed by atoms with Gasteiger partial charge >= 0.3 is 0 Å². The molecule has 0 N–H and O–H groups in total. The topological polar surface area (TPSA) is 58.4 Å². The summed E-state index contributed by atoms with van der Waals surface area (Å²) in [6, 6.07) is 0. The SMILES string of the molecule is Cc1nn(C)c(C)c1C(C)C(=O)N1CCN(C(=O)C2CCCCC2)CC1. The lowest BCUT2D eigenvalue weighted by Gasteiger charge is -2.38. The van der Waals surface area contributed by atoms with E-state index in [0.717, 1.165) is 29.8 Å². The smallest absolute Gasteiger partial charge is 0.230 e. The van der Waals surface area contributed by atoms with E-state index >= 15 is 0 Å². The maximum absolute atomic E-state index is 13.0. The first-order chi connectivity index (χ1) is 12.4. The third-order valence-electron chi connectivity index (χ3n) is 6.23. The molecule has 144 valence electrons. The van der Waals surface area contributed by atoms with Crippen molar-refractivity contribution in [2.75, 3.05) is 26.2 Å². The number of carbonyl (C=O) groups is 2. The van der Waals surface area contributed by atoms with Crippen LogP contribution in [0.5, 0.6) is 0 Å². The summed E-state index contributed by atoms with van der Waals surface area (Å²) in [6.45, 7) is 8.56. The lowest BCUT2D eigenvalue weighted by molar-refractivity contribution is -0.143. The summed E-state index contributed by atoms with van der Waals surface area (Å²) in [6.07, 6.45) is 5.69. The third-order valence-corrected chi connectivity index (χ3v) is 6.23. The van der Waals surface area contributed by atoms with Crippen molar-refractivity contribution >= 4 is 11.8 Å². The first-order valence-electron chi connectivity index (χ1n) is 9.97. The molecule has 26 heavy (non-hydrogen) atoms. The highest BCUT2D eigenvalue weighted by molar-refractivity contribution is 5.84. The van der Waals surface area contributed by atoms with Gasteiger partial charge in [0.25, 0.3) is 0 Å². The minimum Gasteiger partial charge on any atom is -0.339 e. The Morgan fingerprint density at radius 3 is 2.12 bits per heavy atom. The number of nitrogens with zero attached hydrogens (tertiary/aromatic N) is 4. The Balaban J connectivity index is 1.58. The number of hydrogen-bond donors (Lipinski definition) is 0. The number of amides is 2. The fourth-order valence-electron chi connectivity index (χ4n) is 4.57. The molecule has 2 aliphatic rings. The minimum absolute atomic E-state index is 0.147. The summed E-state index contributed by atoms with van der Waals surface area (Å²) in [5.41, 5.74) is 3.02. The van der Waals surface area contributed by atoms with Crippen LogP contribution in [0.4, 0.5) is 0 Å². The zero-order valence-electron chi connectivity index (χ0n) is 16.6. The van der Waals surface area contributed by atoms with Crippen molar-refractivity contribution in [3.63, 3.8) is 0 Å². The number of aryl methyl sites for hydroxylation is 2. The van der Waals surface area contributed by atoms with E-state index in [2.05, 4.69) is 5.10 Å². The maximum Gasteiger partial charge on any atom is 0.230 e. The molecule has 1 saturated heterocycles. The van der Waals surface area contributed by atoms with E-state index in [1.807, 2.05) is 42.3 Å². The number of piperazine rings is 1. The molecule has 1 saturated carbocycles. The number of aromatic nitrogens is 2. The lowest BCUT2D eigenvalue weighted by Crippen LogP contribution is -2.52. The average molecular weight is 361 g/mol. The molecule has 0 bridgehead atoms. The predicted molar refractivity (Wildman–Crippen MR) is 101 cm³/mol. The molecule has 0 spiro atoms. The Morgan fingerprint density at radius 2 is 1.58 bits per heavy atom. The van der Waals surface area contributed by atoms with Gasteiger partial charge in [0, 0.05) is 50.4 Å². The normalized spacial score (nSPS) is 20.3. The second kappa shape index (κ2) is 7.80. The summed E-state index contributed by atoms with van der Waals surface area (Å²) in [7, 11) is 1.92. The monoisotopic (exact) mass is 360 g/mol. The van der Waals surface area contributed by atoms with Crippen LogP contribution in [0.15, 0.2) is 0 Å². The number of rotatable bonds is 3. The van der Waals surface area contributed by atoms with Crippen LogP contribution in [0.2, 0.25) is 0 Å². The van der Waals surface area contributed by atoms with Gasteiger partial charge < -0.3 is 9.80 Å². The number of hydrogen-bond acceptors (Lipinski definition) is 3. The van der Waals surface area contributed by atoms with Gasteiger partial charge in [0.05, 0.1) is 11.6 Å². The summed E-state index contributed by atoms with van der Waals surface area (Å²) in [5, 5.41) is 4.44. The summed E-state index contributed by atoms with van der Waals surface area (Å²) in [4.78, 5) is 29.6. The van der Waals surface area contributed by atoms with E-state index in [9.17, 15) is 9.59 Å². The van der Waals surface area contributed by atoms with E-state index in [1.54, 1.807) is 0 Å². The van der Waals surface area contributed by atoms with E-state index in [4.69, 9.17) is 0 Å². The molecule has 6 nitrogen and oxygen atoms in total. The van der Waals surface area contributed by atoms with Crippen molar-refractivity contribution in [3.8, 4) is 0 Å². The van der Waals surface area contributed by atoms with Gasteiger partial charge in [0.15, 0.2) is 0 Å². The van der Waals surface area contributed by atoms with Gasteiger partial charge in [-0.05, 0) is 33.6 Å². The maximum atomic E-state index is 13.0. The Bertz CT molecular complexity index is 668. The Labute approximate surface area is 156 Å². The van der Waals surface area contributed by atoms with Crippen LogP contribution in [0.3, 0.4) is 0 Å². The Hall–Kier alpha value is -1.85. The van der Waals surface area contributed by atoms with Crippen LogP contribution in [0.25, 0.3) is 0 Å². The molecular weight excluding hydrogens is 328 g/mol. The number of carbonyl (C=O) groups excluding carboxylic acids is 2. The molecule has 1 unspecified atom stereocenters. The Morgan fingerprint density at radius 1 is 1.00 bits per heavy atom. The molecule has 0 radical (unpaired) electrons. The third kappa shape index (κ3) is 3.64. The average Bonchev–Trinajstić information content (AvgIpc) is 2.92. The highest BCUT2D eigenvalue weighted by Gasteiger charge is 2.32. The largest absolute Gasteiger partial charge is 0.339 e. The highest BCUT2D eigenvalue weighted by atomic mass is 16.2. The van der Waals surface area contributed by atoms with Gasteiger partial charge in [-0.15, -0.1) is 0 Å². The van der Waals surface area contributed by atoms with Gasteiger partial charge in [0.2, 0.25) is 11.8 Å². The van der Waals surface area contributed by atoms with E-state index in [0.29, 0.717) is 32.1 Å². The van der Waals surface area contributed by atoms with Gasteiger partial charge in [-0.1, -0.05) is 19.3 Å². The van der Waals surface area contributed by atoms with Gasteiger partial charge in [-0.2, -0.15) is 5.10 Å². The van der Waals surface area contributed by atoms with Gasteiger partial charge in [0.1, 0.15) is 0 Å². The van der Waals surface area contributed by atoms with Crippen LogP contribution in [0, 0.1) is 19.8 Å². The first-order valence-corrected chi connectivity index (χ1v) is 9.97. The summed E-state index contributed by atoms with van der Waals surface area (Å²) < 4.78 is 1.84. The van der Waals surface area contributed by atoms with Gasteiger partial charge in [-0.3, -0.25) is 14.3 Å².